The smallest absolute Gasteiger partial charge is 0.226 e. The van der Waals surface area contributed by atoms with Crippen LogP contribution in [-0.2, 0) is 11.2 Å². The molecule has 1 amide bonds. The molecule has 1 fully saturated rings. The van der Waals surface area contributed by atoms with Crippen LogP contribution < -0.4 is 10.1 Å². The average molecular weight is 317 g/mol. The van der Waals surface area contributed by atoms with Gasteiger partial charge in [0, 0.05) is 6.54 Å². The van der Waals surface area contributed by atoms with Crippen LogP contribution in [0.15, 0.2) is 24.3 Å². The van der Waals surface area contributed by atoms with Gasteiger partial charge >= 0.3 is 0 Å². The van der Waals surface area contributed by atoms with Gasteiger partial charge in [-0.3, -0.25) is 4.79 Å². The van der Waals surface area contributed by atoms with Crippen LogP contribution in [0.1, 0.15) is 58.4 Å². The molecule has 0 bridgehead atoms. The van der Waals surface area contributed by atoms with Gasteiger partial charge in [0.25, 0.3) is 0 Å². The minimum atomic E-state index is -0.203. The Kier molecular flexibility index (Phi) is 5.72. The Bertz CT molecular complexity index is 507. The van der Waals surface area contributed by atoms with Crippen molar-refractivity contribution in [2.45, 2.75) is 59.3 Å². The van der Waals surface area contributed by atoms with Gasteiger partial charge in [-0.15, -0.1) is 0 Å². The highest BCUT2D eigenvalue weighted by Gasteiger charge is 2.48. The second kappa shape index (κ2) is 7.37. The quantitative estimate of drug-likeness (QED) is 0.876. The SMILES string of the molecule is COc1ccc(CCNC(=O)C2(C(C)(C)C)CCCCC2)cc1. The molecule has 0 heterocycles. The summed E-state index contributed by atoms with van der Waals surface area (Å²) >= 11 is 0. The molecule has 2 rings (SSSR count). The van der Waals surface area contributed by atoms with E-state index in [-0.39, 0.29) is 16.7 Å². The zero-order valence-corrected chi connectivity index (χ0v) is 15.1. The van der Waals surface area contributed by atoms with Gasteiger partial charge in [0.1, 0.15) is 5.75 Å². The molecule has 1 aliphatic carbocycles. The van der Waals surface area contributed by atoms with Crippen LogP contribution in [0.5, 0.6) is 5.75 Å². The maximum Gasteiger partial charge on any atom is 0.226 e. The number of methoxy groups -OCH3 is 1. The molecule has 1 aromatic rings. The Balaban J connectivity index is 1.94. The summed E-state index contributed by atoms with van der Waals surface area (Å²) in [6, 6.07) is 8.06. The first-order chi connectivity index (χ1) is 10.9. The number of carbonyl (C=O) groups excluding carboxylic acids is 1. The van der Waals surface area contributed by atoms with Gasteiger partial charge in [-0.1, -0.05) is 52.2 Å². The molecule has 128 valence electrons. The number of ether oxygens (including phenoxy) is 1. The maximum absolute atomic E-state index is 12.9. The lowest BCUT2D eigenvalue weighted by atomic mass is 9.59. The highest BCUT2D eigenvalue weighted by atomic mass is 16.5. The van der Waals surface area contributed by atoms with E-state index in [1.807, 2.05) is 12.1 Å². The van der Waals surface area contributed by atoms with Gasteiger partial charge in [0.15, 0.2) is 0 Å². The fourth-order valence-corrected chi connectivity index (χ4v) is 3.75. The van der Waals surface area contributed by atoms with Crippen molar-refractivity contribution in [2.24, 2.45) is 10.8 Å². The normalized spacial score (nSPS) is 17.6. The molecule has 0 aliphatic heterocycles. The highest BCUT2D eigenvalue weighted by Crippen LogP contribution is 2.49. The van der Waals surface area contributed by atoms with E-state index in [0.29, 0.717) is 6.54 Å². The van der Waals surface area contributed by atoms with Crippen LogP contribution >= 0.6 is 0 Å². The number of hydrogen-bond acceptors (Lipinski definition) is 2. The van der Waals surface area contributed by atoms with Crippen molar-refractivity contribution in [2.75, 3.05) is 13.7 Å². The Morgan fingerprint density at radius 2 is 1.74 bits per heavy atom. The summed E-state index contributed by atoms with van der Waals surface area (Å²) < 4.78 is 5.17. The fourth-order valence-electron chi connectivity index (χ4n) is 3.75. The molecule has 0 saturated heterocycles. The van der Waals surface area contributed by atoms with Crippen LogP contribution in [0.25, 0.3) is 0 Å². The predicted octanol–water partition coefficient (Wildman–Crippen LogP) is 4.35. The van der Waals surface area contributed by atoms with E-state index in [1.54, 1.807) is 7.11 Å². The minimum Gasteiger partial charge on any atom is -0.497 e. The maximum atomic E-state index is 12.9. The van der Waals surface area contributed by atoms with E-state index in [1.165, 1.54) is 24.8 Å². The Morgan fingerprint density at radius 1 is 1.13 bits per heavy atom. The van der Waals surface area contributed by atoms with Crippen molar-refractivity contribution in [3.63, 3.8) is 0 Å². The molecule has 23 heavy (non-hydrogen) atoms. The van der Waals surface area contributed by atoms with Crippen molar-refractivity contribution >= 4 is 5.91 Å². The lowest BCUT2D eigenvalue weighted by Gasteiger charge is -2.46. The molecule has 3 heteroatoms. The van der Waals surface area contributed by atoms with Gasteiger partial charge in [-0.2, -0.15) is 0 Å². The van der Waals surface area contributed by atoms with Gasteiger partial charge in [0.2, 0.25) is 5.91 Å². The molecule has 3 nitrogen and oxygen atoms in total. The highest BCUT2D eigenvalue weighted by molar-refractivity contribution is 5.83. The molecular formula is C20H31NO2. The first kappa shape index (κ1) is 17.8. The van der Waals surface area contributed by atoms with Gasteiger partial charge in [-0.25, -0.2) is 0 Å². The number of rotatable bonds is 5. The second-order valence-electron chi connectivity index (χ2n) is 7.75. The molecule has 1 aromatic carbocycles. The third-order valence-corrected chi connectivity index (χ3v) is 5.44. The Morgan fingerprint density at radius 3 is 2.26 bits per heavy atom. The summed E-state index contributed by atoms with van der Waals surface area (Å²) in [6.45, 7) is 7.33. The molecular weight excluding hydrogens is 286 g/mol. The van der Waals surface area contributed by atoms with Crippen molar-refractivity contribution in [3.05, 3.63) is 29.8 Å². The summed E-state index contributed by atoms with van der Waals surface area (Å²) in [7, 11) is 1.67. The first-order valence-corrected chi connectivity index (χ1v) is 8.80. The topological polar surface area (TPSA) is 38.3 Å². The molecule has 0 spiro atoms. The lowest BCUT2D eigenvalue weighted by Crippen LogP contribution is -2.50. The summed E-state index contributed by atoms with van der Waals surface area (Å²) in [5, 5.41) is 3.21. The third kappa shape index (κ3) is 4.07. The van der Waals surface area contributed by atoms with Crippen LogP contribution in [0, 0.1) is 10.8 Å². The monoisotopic (exact) mass is 317 g/mol. The van der Waals surface area contributed by atoms with Gasteiger partial charge < -0.3 is 10.1 Å². The third-order valence-electron chi connectivity index (χ3n) is 5.44. The molecule has 0 radical (unpaired) electrons. The summed E-state index contributed by atoms with van der Waals surface area (Å²) in [5.74, 6) is 1.12. The molecule has 0 atom stereocenters. The van der Waals surface area contributed by atoms with Crippen molar-refractivity contribution < 1.29 is 9.53 Å². The molecule has 1 saturated carbocycles. The molecule has 1 N–H and O–H groups in total. The zero-order valence-electron chi connectivity index (χ0n) is 15.1. The Labute approximate surface area is 140 Å². The van der Waals surface area contributed by atoms with E-state index in [2.05, 4.69) is 38.2 Å². The van der Waals surface area contributed by atoms with Crippen molar-refractivity contribution in [3.8, 4) is 5.75 Å². The number of amides is 1. The van der Waals surface area contributed by atoms with Crippen LogP contribution in [0.2, 0.25) is 0 Å². The fraction of sp³-hybridized carbons (Fsp3) is 0.650. The van der Waals surface area contributed by atoms with Crippen LogP contribution in [0.3, 0.4) is 0 Å². The number of carbonyl (C=O) groups is 1. The van der Waals surface area contributed by atoms with E-state index in [9.17, 15) is 4.79 Å². The van der Waals surface area contributed by atoms with Crippen molar-refractivity contribution in [1.82, 2.24) is 5.32 Å². The summed E-state index contributed by atoms with van der Waals surface area (Å²) in [4.78, 5) is 12.9. The summed E-state index contributed by atoms with van der Waals surface area (Å²) in [5.41, 5.74) is 1.03. The van der Waals surface area contributed by atoms with Crippen LogP contribution in [0.4, 0.5) is 0 Å². The largest absolute Gasteiger partial charge is 0.497 e. The second-order valence-corrected chi connectivity index (χ2v) is 7.75. The molecule has 0 aromatic heterocycles. The van der Waals surface area contributed by atoms with Gasteiger partial charge in [-0.05, 0) is 42.4 Å². The molecule has 1 aliphatic rings. The minimum absolute atomic E-state index is 0.0115. The predicted molar refractivity (Wildman–Crippen MR) is 94.7 cm³/mol. The molecule has 0 unspecified atom stereocenters. The zero-order chi connectivity index (χ0) is 16.9. The Hall–Kier alpha value is -1.51. The first-order valence-electron chi connectivity index (χ1n) is 8.80. The standard InChI is InChI=1S/C20H31NO2/c1-19(2,3)20(13-6-5-7-14-20)18(22)21-15-12-16-8-10-17(23-4)11-9-16/h8-11H,5-7,12-15H2,1-4H3,(H,21,22). The van der Waals surface area contributed by atoms with E-state index in [4.69, 9.17) is 4.74 Å². The van der Waals surface area contributed by atoms with Crippen LogP contribution in [-0.4, -0.2) is 19.6 Å². The lowest BCUT2D eigenvalue weighted by molar-refractivity contribution is -0.140. The average Bonchev–Trinajstić information content (AvgIpc) is 2.55. The van der Waals surface area contributed by atoms with Crippen molar-refractivity contribution in [1.29, 1.82) is 0 Å². The number of nitrogens with one attached hydrogen (secondary N) is 1. The summed E-state index contributed by atoms with van der Waals surface area (Å²) in [6.07, 6.45) is 6.50. The number of hydrogen-bond donors (Lipinski definition) is 1. The van der Waals surface area contributed by atoms with E-state index < -0.39 is 0 Å². The van der Waals surface area contributed by atoms with E-state index >= 15 is 0 Å². The van der Waals surface area contributed by atoms with Gasteiger partial charge in [0.05, 0.1) is 12.5 Å². The van der Waals surface area contributed by atoms with E-state index in [0.717, 1.165) is 25.0 Å². The number of benzene rings is 1.